The number of anilines is 2. The monoisotopic (exact) mass is 309 g/mol. The van der Waals surface area contributed by atoms with Crippen LogP contribution in [0.4, 0.5) is 11.5 Å². The maximum Gasteiger partial charge on any atom is 0.137 e. The highest BCUT2D eigenvalue weighted by Gasteiger charge is 2.29. The van der Waals surface area contributed by atoms with Gasteiger partial charge in [-0.3, -0.25) is 4.90 Å². The molecule has 1 saturated heterocycles. The molecule has 0 N–H and O–H groups in total. The summed E-state index contributed by atoms with van der Waals surface area (Å²) in [6.07, 6.45) is 4.41. The van der Waals surface area contributed by atoms with Crippen LogP contribution in [0, 0.1) is 5.92 Å². The van der Waals surface area contributed by atoms with Crippen molar-refractivity contribution in [3.8, 4) is 0 Å². The van der Waals surface area contributed by atoms with E-state index in [4.69, 9.17) is 4.98 Å². The van der Waals surface area contributed by atoms with Gasteiger partial charge in [-0.2, -0.15) is 0 Å². The minimum absolute atomic E-state index is 0.493. The summed E-state index contributed by atoms with van der Waals surface area (Å²) in [6, 6.07) is 15.3. The molecule has 1 aromatic heterocycles. The molecule has 1 unspecified atom stereocenters. The molecule has 1 aliphatic rings. The Labute approximate surface area is 140 Å². The Hall–Kier alpha value is -1.87. The lowest BCUT2D eigenvalue weighted by Crippen LogP contribution is -2.28. The summed E-state index contributed by atoms with van der Waals surface area (Å²) in [7, 11) is 2.11. The average Bonchev–Trinajstić information content (AvgIpc) is 3.02. The van der Waals surface area contributed by atoms with Crippen molar-refractivity contribution in [1.29, 1.82) is 0 Å². The minimum atomic E-state index is 0.493. The lowest BCUT2D eigenvalue weighted by Gasteiger charge is -2.30. The maximum atomic E-state index is 4.71. The summed E-state index contributed by atoms with van der Waals surface area (Å²) in [6.45, 7) is 6.96. The number of hydrogen-bond donors (Lipinski definition) is 0. The van der Waals surface area contributed by atoms with Gasteiger partial charge in [0.25, 0.3) is 0 Å². The Balaban J connectivity index is 1.91. The molecule has 1 aromatic carbocycles. The molecule has 3 heteroatoms. The first-order chi connectivity index (χ1) is 11.2. The second-order valence-corrected chi connectivity index (χ2v) is 6.86. The molecule has 0 spiro atoms. The number of rotatable bonds is 5. The van der Waals surface area contributed by atoms with Crippen molar-refractivity contribution < 1.29 is 0 Å². The second-order valence-electron chi connectivity index (χ2n) is 6.86. The van der Waals surface area contributed by atoms with E-state index in [2.05, 4.69) is 73.2 Å². The van der Waals surface area contributed by atoms with Gasteiger partial charge in [0.1, 0.15) is 5.82 Å². The van der Waals surface area contributed by atoms with Gasteiger partial charge < -0.3 is 4.90 Å². The molecule has 0 amide bonds. The van der Waals surface area contributed by atoms with E-state index in [0.29, 0.717) is 12.0 Å². The van der Waals surface area contributed by atoms with Crippen molar-refractivity contribution in [3.05, 3.63) is 54.2 Å². The van der Waals surface area contributed by atoms with Gasteiger partial charge in [-0.15, -0.1) is 0 Å². The van der Waals surface area contributed by atoms with E-state index in [-0.39, 0.29) is 0 Å². The van der Waals surface area contributed by atoms with Gasteiger partial charge in [-0.05, 0) is 43.5 Å². The first-order valence-electron chi connectivity index (χ1n) is 8.64. The van der Waals surface area contributed by atoms with E-state index in [1.54, 1.807) is 0 Å². The molecule has 1 aliphatic heterocycles. The number of para-hydroxylation sites is 1. The molecular formula is C20H27N3. The van der Waals surface area contributed by atoms with E-state index in [9.17, 15) is 0 Å². The summed E-state index contributed by atoms with van der Waals surface area (Å²) in [4.78, 5) is 9.55. The van der Waals surface area contributed by atoms with Crippen LogP contribution in [0.25, 0.3) is 0 Å². The standard InChI is InChI=1S/C20H27N3/c1-16(2)15-23-14-8-12-19(23)18-11-7-13-21-20(18)22(3)17-9-5-4-6-10-17/h4-7,9-11,13,16,19H,8,12,14-15H2,1-3H3. The molecule has 0 radical (unpaired) electrons. The third-order valence-electron chi connectivity index (χ3n) is 4.60. The molecule has 2 heterocycles. The third-order valence-corrected chi connectivity index (χ3v) is 4.60. The summed E-state index contributed by atoms with van der Waals surface area (Å²) < 4.78 is 0. The number of pyridine rings is 1. The lowest BCUT2D eigenvalue weighted by atomic mass is 10.0. The zero-order valence-corrected chi connectivity index (χ0v) is 14.4. The number of likely N-dealkylation sites (tertiary alicyclic amines) is 1. The highest BCUT2D eigenvalue weighted by Crippen LogP contribution is 2.37. The van der Waals surface area contributed by atoms with E-state index in [1.807, 2.05) is 6.20 Å². The van der Waals surface area contributed by atoms with Crippen LogP contribution in [-0.2, 0) is 0 Å². The SMILES string of the molecule is CC(C)CN1CCCC1c1cccnc1N(C)c1ccccc1. The van der Waals surface area contributed by atoms with E-state index in [1.165, 1.54) is 30.6 Å². The summed E-state index contributed by atoms with van der Waals surface area (Å²) >= 11 is 0. The normalized spacial score (nSPS) is 18.5. The van der Waals surface area contributed by atoms with Crippen LogP contribution in [0.5, 0.6) is 0 Å². The zero-order valence-electron chi connectivity index (χ0n) is 14.4. The Morgan fingerprint density at radius 1 is 1.17 bits per heavy atom. The zero-order chi connectivity index (χ0) is 16.2. The van der Waals surface area contributed by atoms with Crippen molar-refractivity contribution in [3.63, 3.8) is 0 Å². The second kappa shape index (κ2) is 7.14. The molecule has 0 saturated carbocycles. The average molecular weight is 309 g/mol. The lowest BCUT2D eigenvalue weighted by molar-refractivity contribution is 0.229. The summed E-state index contributed by atoms with van der Waals surface area (Å²) in [5.74, 6) is 1.78. The topological polar surface area (TPSA) is 19.4 Å². The van der Waals surface area contributed by atoms with Gasteiger partial charge in [0.2, 0.25) is 0 Å². The fourth-order valence-corrected chi connectivity index (χ4v) is 3.59. The van der Waals surface area contributed by atoms with Gasteiger partial charge in [0.05, 0.1) is 0 Å². The summed E-state index contributed by atoms with van der Waals surface area (Å²) in [5.41, 5.74) is 2.54. The number of benzene rings is 1. The largest absolute Gasteiger partial charge is 0.329 e. The maximum absolute atomic E-state index is 4.71. The molecule has 0 aliphatic carbocycles. The quantitative estimate of drug-likeness (QED) is 0.802. The van der Waals surface area contributed by atoms with Gasteiger partial charge >= 0.3 is 0 Å². The highest BCUT2D eigenvalue weighted by atomic mass is 15.2. The van der Waals surface area contributed by atoms with Gasteiger partial charge in [-0.1, -0.05) is 38.1 Å². The van der Waals surface area contributed by atoms with Crippen LogP contribution in [0.3, 0.4) is 0 Å². The highest BCUT2D eigenvalue weighted by molar-refractivity contribution is 5.62. The van der Waals surface area contributed by atoms with E-state index in [0.717, 1.165) is 12.4 Å². The minimum Gasteiger partial charge on any atom is -0.329 e. The number of nitrogens with zero attached hydrogens (tertiary/aromatic N) is 3. The molecule has 1 atom stereocenters. The van der Waals surface area contributed by atoms with Crippen molar-refractivity contribution in [2.75, 3.05) is 25.0 Å². The molecule has 0 bridgehead atoms. The van der Waals surface area contributed by atoms with Crippen molar-refractivity contribution in [1.82, 2.24) is 9.88 Å². The first-order valence-corrected chi connectivity index (χ1v) is 8.64. The smallest absolute Gasteiger partial charge is 0.137 e. The molecule has 122 valence electrons. The number of hydrogen-bond acceptors (Lipinski definition) is 3. The Bertz CT molecular complexity index is 624. The predicted octanol–water partition coefficient (Wildman–Crippen LogP) is 4.64. The first kappa shape index (κ1) is 16.0. The van der Waals surface area contributed by atoms with Crippen molar-refractivity contribution >= 4 is 11.5 Å². The number of aromatic nitrogens is 1. The van der Waals surface area contributed by atoms with Crippen molar-refractivity contribution in [2.45, 2.75) is 32.7 Å². The van der Waals surface area contributed by atoms with Crippen LogP contribution < -0.4 is 4.90 Å². The Morgan fingerprint density at radius 3 is 2.70 bits per heavy atom. The van der Waals surface area contributed by atoms with Crippen molar-refractivity contribution in [2.24, 2.45) is 5.92 Å². The van der Waals surface area contributed by atoms with Crippen LogP contribution in [0.15, 0.2) is 48.7 Å². The molecule has 3 nitrogen and oxygen atoms in total. The van der Waals surface area contributed by atoms with Gasteiger partial charge in [0.15, 0.2) is 0 Å². The van der Waals surface area contributed by atoms with E-state index >= 15 is 0 Å². The third kappa shape index (κ3) is 3.56. The Kier molecular flexibility index (Phi) is 4.97. The van der Waals surface area contributed by atoms with Crippen LogP contribution >= 0.6 is 0 Å². The van der Waals surface area contributed by atoms with Gasteiger partial charge in [0, 0.05) is 37.1 Å². The fraction of sp³-hybridized carbons (Fsp3) is 0.450. The van der Waals surface area contributed by atoms with Gasteiger partial charge in [-0.25, -0.2) is 4.98 Å². The van der Waals surface area contributed by atoms with Crippen LogP contribution in [-0.4, -0.2) is 30.0 Å². The molecule has 2 aromatic rings. The molecule has 1 fully saturated rings. The van der Waals surface area contributed by atoms with Crippen LogP contribution in [0.2, 0.25) is 0 Å². The molecule has 23 heavy (non-hydrogen) atoms. The summed E-state index contributed by atoms with van der Waals surface area (Å²) in [5, 5.41) is 0. The fourth-order valence-electron chi connectivity index (χ4n) is 3.59. The molecular weight excluding hydrogens is 282 g/mol. The molecule has 3 rings (SSSR count). The Morgan fingerprint density at radius 2 is 1.96 bits per heavy atom. The predicted molar refractivity (Wildman–Crippen MR) is 97.1 cm³/mol. The van der Waals surface area contributed by atoms with Crippen LogP contribution in [0.1, 0.15) is 38.3 Å². The van der Waals surface area contributed by atoms with E-state index < -0.39 is 0 Å².